The molecule has 14 nitrogen and oxygen atoms in total. The van der Waals surface area contributed by atoms with Crippen molar-refractivity contribution in [2.75, 3.05) is 26.4 Å². The SMILES string of the molecule is CC(=O)N[C@@H]1[C@@H](OC[C@H](NC(=O)OCC2c3ccccc3-c3ccccc32)C(=O)OCC(=O)c2ccccc2)O[C@H]2CO[C@@H](c3ccccc3)O[C@@H]2[C@@H]1OC(=O)c1ccccc1. The lowest BCUT2D eigenvalue weighted by Crippen LogP contribution is -2.68. The van der Waals surface area contributed by atoms with Crippen LogP contribution in [0.3, 0.4) is 0 Å². The second-order valence-electron chi connectivity index (χ2n) is 14.9. The molecule has 5 aromatic rings. The van der Waals surface area contributed by atoms with Crippen LogP contribution < -0.4 is 10.6 Å². The van der Waals surface area contributed by atoms with Crippen LogP contribution in [0.15, 0.2) is 140 Å². The maximum atomic E-state index is 13.8. The van der Waals surface area contributed by atoms with E-state index in [0.29, 0.717) is 11.1 Å². The molecule has 2 saturated heterocycles. The van der Waals surface area contributed by atoms with Crippen molar-refractivity contribution in [3.63, 3.8) is 0 Å². The van der Waals surface area contributed by atoms with Crippen LogP contribution in [0.25, 0.3) is 11.1 Å². The summed E-state index contributed by atoms with van der Waals surface area (Å²) in [6, 6.07) is 38.7. The van der Waals surface area contributed by atoms with Crippen molar-refractivity contribution >= 4 is 29.7 Å². The normalized spacial score (nSPS) is 21.8. The fraction of sp³-hybridized carbons (Fsp3) is 0.271. The number of fused-ring (bicyclic) bond motifs is 4. The van der Waals surface area contributed by atoms with E-state index < -0.39 is 85.9 Å². The van der Waals surface area contributed by atoms with Crippen LogP contribution in [0, 0.1) is 0 Å². The van der Waals surface area contributed by atoms with Crippen molar-refractivity contribution < 1.29 is 57.1 Å². The second kappa shape index (κ2) is 19.3. The number of rotatable bonds is 14. The molecular formula is C48H44N2O12. The summed E-state index contributed by atoms with van der Waals surface area (Å²) in [7, 11) is 0. The molecule has 8 rings (SSSR count). The number of benzene rings is 5. The van der Waals surface area contributed by atoms with Gasteiger partial charge in [-0.25, -0.2) is 14.4 Å². The molecule has 2 aliphatic heterocycles. The van der Waals surface area contributed by atoms with Crippen molar-refractivity contribution in [2.45, 2.75) is 55.8 Å². The molecule has 0 spiro atoms. The molecule has 2 amide bonds. The number of esters is 2. The van der Waals surface area contributed by atoms with Gasteiger partial charge in [0, 0.05) is 24.0 Å². The first-order valence-corrected chi connectivity index (χ1v) is 20.2. The summed E-state index contributed by atoms with van der Waals surface area (Å²) < 4.78 is 42.3. The number of carbonyl (C=O) groups is 5. The summed E-state index contributed by atoms with van der Waals surface area (Å²) in [5.41, 5.74) is 5.34. The first-order chi connectivity index (χ1) is 30.2. The van der Waals surface area contributed by atoms with Crippen LogP contribution in [0.4, 0.5) is 4.79 Å². The Balaban J connectivity index is 1.02. The van der Waals surface area contributed by atoms with Gasteiger partial charge in [0.1, 0.15) is 24.9 Å². The molecule has 2 N–H and O–H groups in total. The first-order valence-electron chi connectivity index (χ1n) is 20.2. The number of amides is 2. The Morgan fingerprint density at radius 1 is 0.710 bits per heavy atom. The molecule has 1 aliphatic carbocycles. The zero-order chi connectivity index (χ0) is 43.0. The van der Waals surface area contributed by atoms with Crippen molar-refractivity contribution in [3.05, 3.63) is 167 Å². The van der Waals surface area contributed by atoms with Crippen LogP contribution >= 0.6 is 0 Å². The first kappa shape index (κ1) is 42.0. The fourth-order valence-corrected chi connectivity index (χ4v) is 7.87. The van der Waals surface area contributed by atoms with Crippen LogP contribution in [0.1, 0.15) is 56.5 Å². The predicted molar refractivity (Wildman–Crippen MR) is 222 cm³/mol. The third-order valence-electron chi connectivity index (χ3n) is 10.8. The third kappa shape index (κ3) is 9.59. The van der Waals surface area contributed by atoms with Crippen molar-refractivity contribution in [2.24, 2.45) is 0 Å². The number of nitrogens with one attached hydrogen (secondary N) is 2. The molecule has 2 heterocycles. The minimum Gasteiger partial charge on any atom is -0.456 e. The molecule has 7 atom stereocenters. The number of hydrogen-bond donors (Lipinski definition) is 2. The molecule has 2 fully saturated rings. The highest BCUT2D eigenvalue weighted by molar-refractivity contribution is 5.98. The summed E-state index contributed by atoms with van der Waals surface area (Å²) in [5, 5.41) is 5.33. The molecule has 0 bridgehead atoms. The number of alkyl carbamates (subject to hydrolysis) is 1. The smallest absolute Gasteiger partial charge is 0.407 e. The van der Waals surface area contributed by atoms with Gasteiger partial charge in [-0.1, -0.05) is 127 Å². The summed E-state index contributed by atoms with van der Waals surface area (Å²) in [5.74, 6) is -2.95. The summed E-state index contributed by atoms with van der Waals surface area (Å²) in [6.45, 7) is -0.0132. The molecule has 0 radical (unpaired) electrons. The van der Waals surface area contributed by atoms with E-state index in [4.69, 9.17) is 33.2 Å². The Morgan fingerprint density at radius 3 is 1.95 bits per heavy atom. The van der Waals surface area contributed by atoms with E-state index in [0.717, 1.165) is 22.3 Å². The van der Waals surface area contributed by atoms with E-state index in [-0.39, 0.29) is 24.7 Å². The monoisotopic (exact) mass is 840 g/mol. The fourth-order valence-electron chi connectivity index (χ4n) is 7.87. The maximum absolute atomic E-state index is 13.8. The van der Waals surface area contributed by atoms with Crippen molar-refractivity contribution in [1.29, 1.82) is 0 Å². The summed E-state index contributed by atoms with van der Waals surface area (Å²) in [4.78, 5) is 66.7. The molecule has 0 aromatic heterocycles. The van der Waals surface area contributed by atoms with Gasteiger partial charge in [0.15, 0.2) is 37.1 Å². The van der Waals surface area contributed by atoms with E-state index in [1.165, 1.54) is 6.92 Å². The lowest BCUT2D eigenvalue weighted by molar-refractivity contribution is -0.343. The Bertz CT molecular complexity index is 2330. The zero-order valence-electron chi connectivity index (χ0n) is 33.6. The standard InChI is InChI=1S/C48H44N2O12/c1-29(51)49-41-43(61-44(53)31-17-7-3-8-18-31)42-40(28-58-46(62-42)32-19-9-4-10-20-32)60-47(41)57-26-38(45(54)56-27-39(52)30-15-5-2-6-16-30)50-48(55)59-25-37-35-23-13-11-21-33(35)34-22-12-14-24-36(34)37/h2-24,37-38,40-43,46-47H,25-28H2,1H3,(H,49,51)(H,50,55)/t38-,40-,41-,42-,43+,46+,47-/m0/s1. The van der Waals surface area contributed by atoms with Gasteiger partial charge in [0.2, 0.25) is 5.91 Å². The number of ether oxygens (including phenoxy) is 7. The molecule has 318 valence electrons. The van der Waals surface area contributed by atoms with Gasteiger partial charge >= 0.3 is 18.0 Å². The highest BCUT2D eigenvalue weighted by atomic mass is 16.8. The number of carbonyl (C=O) groups excluding carboxylic acids is 5. The van der Waals surface area contributed by atoms with Crippen molar-refractivity contribution in [3.8, 4) is 11.1 Å². The minimum atomic E-state index is -1.54. The Morgan fingerprint density at radius 2 is 1.31 bits per heavy atom. The quantitative estimate of drug-likeness (QED) is 0.0771. The zero-order valence-corrected chi connectivity index (χ0v) is 33.6. The molecule has 62 heavy (non-hydrogen) atoms. The topological polar surface area (TPSA) is 174 Å². The van der Waals surface area contributed by atoms with Gasteiger partial charge in [-0.3, -0.25) is 9.59 Å². The highest BCUT2D eigenvalue weighted by Gasteiger charge is 2.53. The van der Waals surface area contributed by atoms with Gasteiger partial charge in [-0.05, 0) is 34.4 Å². The Labute approximate surface area is 357 Å². The van der Waals surface area contributed by atoms with Crippen LogP contribution in [-0.2, 0) is 42.7 Å². The maximum Gasteiger partial charge on any atom is 0.407 e. The molecule has 0 unspecified atom stereocenters. The van der Waals surface area contributed by atoms with Gasteiger partial charge in [0.05, 0.1) is 18.8 Å². The van der Waals surface area contributed by atoms with Crippen LogP contribution in [0.2, 0.25) is 0 Å². The number of Topliss-reactive ketones (excluding diaryl/α,β-unsaturated/α-hetero) is 1. The van der Waals surface area contributed by atoms with Gasteiger partial charge in [0.25, 0.3) is 0 Å². The largest absolute Gasteiger partial charge is 0.456 e. The number of hydrogen-bond acceptors (Lipinski definition) is 12. The lowest BCUT2D eigenvalue weighted by atomic mass is 9.95. The van der Waals surface area contributed by atoms with E-state index in [9.17, 15) is 24.0 Å². The highest BCUT2D eigenvalue weighted by Crippen LogP contribution is 2.44. The van der Waals surface area contributed by atoms with E-state index in [1.807, 2.05) is 78.9 Å². The van der Waals surface area contributed by atoms with Crippen LogP contribution in [-0.4, -0.2) is 92.8 Å². The average Bonchev–Trinajstić information content (AvgIpc) is 3.63. The summed E-state index contributed by atoms with van der Waals surface area (Å²) in [6.07, 6.45) is -6.24. The van der Waals surface area contributed by atoms with Gasteiger partial charge in [-0.2, -0.15) is 0 Å². The second-order valence-corrected chi connectivity index (χ2v) is 14.9. The van der Waals surface area contributed by atoms with Gasteiger partial charge in [-0.15, -0.1) is 0 Å². The predicted octanol–water partition coefficient (Wildman–Crippen LogP) is 5.91. The molecule has 0 saturated carbocycles. The van der Waals surface area contributed by atoms with Gasteiger partial charge < -0.3 is 43.8 Å². The molecule has 14 heteroatoms. The molecular weight excluding hydrogens is 797 g/mol. The average molecular weight is 841 g/mol. The van der Waals surface area contributed by atoms with E-state index in [2.05, 4.69) is 10.6 Å². The summed E-state index contributed by atoms with van der Waals surface area (Å²) >= 11 is 0. The van der Waals surface area contributed by atoms with E-state index in [1.54, 1.807) is 60.7 Å². The molecule has 5 aromatic carbocycles. The Hall–Kier alpha value is -6.71. The third-order valence-corrected chi connectivity index (χ3v) is 10.8. The lowest BCUT2D eigenvalue weighted by Gasteiger charge is -2.48. The Kier molecular flexibility index (Phi) is 13.1. The van der Waals surface area contributed by atoms with Crippen LogP contribution in [0.5, 0.6) is 0 Å². The molecule has 3 aliphatic rings. The number of ketones is 1. The minimum absolute atomic E-state index is 0.0265. The van der Waals surface area contributed by atoms with E-state index >= 15 is 0 Å². The van der Waals surface area contributed by atoms with Crippen molar-refractivity contribution in [1.82, 2.24) is 10.6 Å².